The van der Waals surface area contributed by atoms with Crippen molar-refractivity contribution in [1.29, 1.82) is 0 Å². The van der Waals surface area contributed by atoms with E-state index in [1.54, 1.807) is 24.3 Å². The summed E-state index contributed by atoms with van der Waals surface area (Å²) in [5, 5.41) is 5.70. The smallest absolute Gasteiger partial charge is 0.321 e. The van der Waals surface area contributed by atoms with Crippen molar-refractivity contribution in [2.45, 2.75) is 6.18 Å². The van der Waals surface area contributed by atoms with E-state index in [4.69, 9.17) is 0 Å². The summed E-state index contributed by atoms with van der Waals surface area (Å²) in [6, 6.07) is 6.63. The highest BCUT2D eigenvalue weighted by Crippen LogP contribution is 2.31. The summed E-state index contributed by atoms with van der Waals surface area (Å²) in [5.74, 6) is -0.864. The van der Waals surface area contributed by atoms with Crippen LogP contribution in [0.3, 0.4) is 0 Å². The molecular weight excluding hydrogens is 339 g/mol. The summed E-state index contributed by atoms with van der Waals surface area (Å²) in [4.78, 5) is 12.0. The monoisotopic (exact) mass is 347 g/mol. The highest BCUT2D eigenvalue weighted by atomic mass is 79.9. The predicted molar refractivity (Wildman–Crippen MR) is 70.3 cm³/mol. The van der Waals surface area contributed by atoms with Gasteiger partial charge in [-0.05, 0) is 28.1 Å². The van der Waals surface area contributed by atoms with Crippen molar-refractivity contribution in [3.63, 3.8) is 0 Å². The molecule has 0 saturated carbocycles. The molecular formula is C12H9BrF3N3O. The number of rotatable bonds is 2. The Morgan fingerprint density at radius 3 is 2.60 bits per heavy atom. The lowest BCUT2D eigenvalue weighted by atomic mass is 10.2. The zero-order chi connectivity index (χ0) is 14.9. The van der Waals surface area contributed by atoms with Crippen LogP contribution in [0.25, 0.3) is 0 Å². The van der Waals surface area contributed by atoms with Gasteiger partial charge in [-0.2, -0.15) is 18.3 Å². The van der Waals surface area contributed by atoms with Gasteiger partial charge in [0.2, 0.25) is 0 Å². The molecule has 0 spiro atoms. The molecule has 1 aromatic heterocycles. The third kappa shape index (κ3) is 3.01. The lowest BCUT2D eigenvalue weighted by Crippen LogP contribution is -2.18. The molecule has 0 saturated heterocycles. The fourth-order valence-electron chi connectivity index (χ4n) is 1.62. The summed E-state index contributed by atoms with van der Waals surface area (Å²) < 4.78 is 39.9. The molecule has 0 aliphatic heterocycles. The Balaban J connectivity index is 2.33. The minimum atomic E-state index is -4.68. The average molecular weight is 348 g/mol. The molecule has 0 radical (unpaired) electrons. The van der Waals surface area contributed by atoms with E-state index >= 15 is 0 Å². The number of halogens is 4. The standard InChI is InChI=1S/C12H9BrF3N3O/c1-19-6-7(10(18-19)12(14,15)16)11(20)17-9-5-3-2-4-8(9)13/h2-6H,1H3,(H,17,20). The number of hydrogen-bond acceptors (Lipinski definition) is 2. The molecule has 2 aromatic rings. The molecule has 106 valence electrons. The number of alkyl halides is 3. The zero-order valence-corrected chi connectivity index (χ0v) is 11.8. The van der Waals surface area contributed by atoms with Gasteiger partial charge in [-0.15, -0.1) is 0 Å². The number of aromatic nitrogens is 2. The summed E-state index contributed by atoms with van der Waals surface area (Å²) in [5.41, 5.74) is -1.34. The second-order valence-corrected chi connectivity index (χ2v) is 4.85. The number of anilines is 1. The quantitative estimate of drug-likeness (QED) is 0.904. The van der Waals surface area contributed by atoms with E-state index in [1.165, 1.54) is 7.05 Å². The highest BCUT2D eigenvalue weighted by molar-refractivity contribution is 9.10. The Kier molecular flexibility index (Phi) is 3.85. The second kappa shape index (κ2) is 5.28. The Morgan fingerprint density at radius 2 is 2.00 bits per heavy atom. The molecule has 0 fully saturated rings. The Morgan fingerprint density at radius 1 is 1.35 bits per heavy atom. The molecule has 1 heterocycles. The number of hydrogen-bond donors (Lipinski definition) is 1. The maximum Gasteiger partial charge on any atom is 0.435 e. The first-order valence-corrected chi connectivity index (χ1v) is 6.25. The molecule has 20 heavy (non-hydrogen) atoms. The molecule has 8 heteroatoms. The van der Waals surface area contributed by atoms with Crippen molar-refractivity contribution in [3.8, 4) is 0 Å². The molecule has 4 nitrogen and oxygen atoms in total. The van der Waals surface area contributed by atoms with Crippen LogP contribution < -0.4 is 5.32 Å². The Labute approximate surface area is 120 Å². The van der Waals surface area contributed by atoms with Crippen LogP contribution in [0, 0.1) is 0 Å². The van der Waals surface area contributed by atoms with Crippen LogP contribution in [0.1, 0.15) is 16.1 Å². The van der Waals surface area contributed by atoms with Gasteiger partial charge >= 0.3 is 6.18 Å². The second-order valence-electron chi connectivity index (χ2n) is 4.00. The minimum absolute atomic E-state index is 0.384. The zero-order valence-electron chi connectivity index (χ0n) is 10.2. The SMILES string of the molecule is Cn1cc(C(=O)Nc2ccccc2Br)c(C(F)(F)F)n1. The molecule has 1 N–H and O–H groups in total. The van der Waals surface area contributed by atoms with Gasteiger partial charge in [0, 0.05) is 17.7 Å². The van der Waals surface area contributed by atoms with E-state index in [9.17, 15) is 18.0 Å². The number of benzene rings is 1. The van der Waals surface area contributed by atoms with Crippen molar-refractivity contribution in [1.82, 2.24) is 9.78 Å². The van der Waals surface area contributed by atoms with Gasteiger partial charge in [-0.3, -0.25) is 9.48 Å². The van der Waals surface area contributed by atoms with Gasteiger partial charge in [0.15, 0.2) is 5.69 Å². The van der Waals surface area contributed by atoms with Crippen molar-refractivity contribution < 1.29 is 18.0 Å². The molecule has 1 amide bonds. The number of carbonyl (C=O) groups is 1. The van der Waals surface area contributed by atoms with Gasteiger partial charge in [0.25, 0.3) is 5.91 Å². The van der Waals surface area contributed by atoms with E-state index in [-0.39, 0.29) is 0 Å². The van der Waals surface area contributed by atoms with E-state index in [0.29, 0.717) is 10.2 Å². The van der Waals surface area contributed by atoms with Crippen LogP contribution in [0.5, 0.6) is 0 Å². The van der Waals surface area contributed by atoms with E-state index < -0.39 is 23.3 Å². The first-order valence-electron chi connectivity index (χ1n) is 5.46. The predicted octanol–water partition coefficient (Wildman–Crippen LogP) is 3.45. The largest absolute Gasteiger partial charge is 0.435 e. The van der Waals surface area contributed by atoms with E-state index in [0.717, 1.165) is 10.9 Å². The van der Waals surface area contributed by atoms with Crippen molar-refractivity contribution in [3.05, 3.63) is 46.2 Å². The summed E-state index contributed by atoms with van der Waals surface area (Å²) in [6.07, 6.45) is -3.64. The number of carbonyl (C=O) groups excluding carboxylic acids is 1. The number of aryl methyl sites for hydroxylation is 1. The van der Waals surface area contributed by atoms with Gasteiger partial charge in [-0.25, -0.2) is 0 Å². The van der Waals surface area contributed by atoms with Crippen molar-refractivity contribution in [2.24, 2.45) is 7.05 Å². The lowest BCUT2D eigenvalue weighted by molar-refractivity contribution is -0.141. The van der Waals surface area contributed by atoms with Gasteiger partial charge in [-0.1, -0.05) is 12.1 Å². The Bertz CT molecular complexity index is 652. The number of para-hydroxylation sites is 1. The lowest BCUT2D eigenvalue weighted by Gasteiger charge is -2.08. The summed E-state index contributed by atoms with van der Waals surface area (Å²) in [7, 11) is 1.32. The summed E-state index contributed by atoms with van der Waals surface area (Å²) in [6.45, 7) is 0. The van der Waals surface area contributed by atoms with Crippen LogP contribution in [-0.2, 0) is 13.2 Å². The molecule has 0 aliphatic rings. The average Bonchev–Trinajstić information content (AvgIpc) is 2.74. The molecule has 0 aliphatic carbocycles. The third-order valence-corrected chi connectivity index (χ3v) is 3.16. The van der Waals surface area contributed by atoms with Gasteiger partial charge in [0.05, 0.1) is 11.3 Å². The maximum absolute atomic E-state index is 12.8. The fourth-order valence-corrected chi connectivity index (χ4v) is 2.00. The molecule has 2 rings (SSSR count). The molecule has 1 aromatic carbocycles. The van der Waals surface area contributed by atoms with Gasteiger partial charge in [0.1, 0.15) is 0 Å². The molecule has 0 bridgehead atoms. The van der Waals surface area contributed by atoms with Crippen LogP contribution >= 0.6 is 15.9 Å². The van der Waals surface area contributed by atoms with Crippen LogP contribution in [0.4, 0.5) is 18.9 Å². The maximum atomic E-state index is 12.8. The van der Waals surface area contributed by atoms with Crippen LogP contribution in [-0.4, -0.2) is 15.7 Å². The van der Waals surface area contributed by atoms with Crippen molar-refractivity contribution in [2.75, 3.05) is 5.32 Å². The minimum Gasteiger partial charge on any atom is -0.321 e. The Hall–Kier alpha value is -1.83. The fraction of sp³-hybridized carbons (Fsp3) is 0.167. The number of amides is 1. The third-order valence-electron chi connectivity index (χ3n) is 2.46. The van der Waals surface area contributed by atoms with Gasteiger partial charge < -0.3 is 5.32 Å². The first kappa shape index (κ1) is 14.6. The summed E-state index contributed by atoms with van der Waals surface area (Å²) >= 11 is 3.20. The van der Waals surface area contributed by atoms with Crippen molar-refractivity contribution >= 4 is 27.5 Å². The van der Waals surface area contributed by atoms with Crippen LogP contribution in [0.2, 0.25) is 0 Å². The highest BCUT2D eigenvalue weighted by Gasteiger charge is 2.39. The van der Waals surface area contributed by atoms with Crippen LogP contribution in [0.15, 0.2) is 34.9 Å². The normalized spacial score (nSPS) is 11.4. The number of nitrogens with one attached hydrogen (secondary N) is 1. The molecule has 0 unspecified atom stereocenters. The topological polar surface area (TPSA) is 46.9 Å². The van der Waals surface area contributed by atoms with E-state index in [2.05, 4.69) is 26.3 Å². The first-order chi connectivity index (χ1) is 9.29. The number of nitrogens with zero attached hydrogens (tertiary/aromatic N) is 2. The van der Waals surface area contributed by atoms with E-state index in [1.807, 2.05) is 0 Å². The molecule has 0 atom stereocenters.